The minimum atomic E-state index is -3.90. The summed E-state index contributed by atoms with van der Waals surface area (Å²) in [4.78, 5) is 10.9. The summed E-state index contributed by atoms with van der Waals surface area (Å²) in [5, 5.41) is 17.9. The van der Waals surface area contributed by atoms with Crippen LogP contribution in [-0.2, 0) is 14.8 Å². The molecule has 0 aliphatic heterocycles. The Morgan fingerprint density at radius 2 is 2.00 bits per heavy atom. The molecule has 108 valence electrons. The first kappa shape index (κ1) is 16.1. The normalized spacial score (nSPS) is 12.9. The first-order valence-corrected chi connectivity index (χ1v) is 7.49. The van der Waals surface area contributed by atoms with E-state index in [1.165, 1.54) is 18.2 Å². The van der Waals surface area contributed by atoms with E-state index >= 15 is 0 Å². The van der Waals surface area contributed by atoms with Crippen LogP contribution in [0, 0.1) is 23.2 Å². The minimum absolute atomic E-state index is 0.0245. The van der Waals surface area contributed by atoms with Crippen molar-refractivity contribution in [2.45, 2.75) is 18.7 Å². The van der Waals surface area contributed by atoms with Gasteiger partial charge in [0.15, 0.2) is 0 Å². The van der Waals surface area contributed by atoms with E-state index in [1.54, 1.807) is 26.0 Å². The third kappa shape index (κ3) is 3.79. The number of carbonyl (C=O) groups is 1. The molecule has 0 aliphatic rings. The van der Waals surface area contributed by atoms with Gasteiger partial charge >= 0.3 is 5.97 Å². The van der Waals surface area contributed by atoms with Gasteiger partial charge in [0.25, 0.3) is 0 Å². The molecular weight excluding hydrogens is 280 g/mol. The van der Waals surface area contributed by atoms with E-state index in [9.17, 15) is 13.2 Å². The summed E-state index contributed by atoms with van der Waals surface area (Å²) < 4.78 is 26.5. The number of carboxylic acids is 1. The molecule has 7 heteroatoms. The Hall–Kier alpha value is -1.91. The third-order valence-corrected chi connectivity index (χ3v) is 4.39. The number of benzene rings is 1. The predicted octanol–water partition coefficient (Wildman–Crippen LogP) is 1.19. The van der Waals surface area contributed by atoms with Crippen LogP contribution in [0.1, 0.15) is 19.4 Å². The first-order chi connectivity index (χ1) is 9.29. The molecule has 1 rings (SSSR count). The molecule has 0 aliphatic carbocycles. The van der Waals surface area contributed by atoms with E-state index in [0.717, 1.165) is 0 Å². The molecule has 0 spiro atoms. The highest BCUT2D eigenvalue weighted by Gasteiger charge is 2.25. The molecule has 6 nitrogen and oxygen atoms in total. The molecule has 0 radical (unpaired) electrons. The minimum Gasteiger partial charge on any atom is -0.481 e. The summed E-state index contributed by atoms with van der Waals surface area (Å²) in [6.07, 6.45) is 0. The predicted molar refractivity (Wildman–Crippen MR) is 72.3 cm³/mol. The van der Waals surface area contributed by atoms with Crippen molar-refractivity contribution in [1.29, 1.82) is 5.26 Å². The lowest BCUT2D eigenvalue weighted by molar-refractivity contribution is -0.142. The highest BCUT2D eigenvalue weighted by Crippen LogP contribution is 2.16. The van der Waals surface area contributed by atoms with E-state index < -0.39 is 21.9 Å². The van der Waals surface area contributed by atoms with Gasteiger partial charge in [-0.25, -0.2) is 13.1 Å². The molecular formula is C13H16N2O4S. The maximum atomic E-state index is 12.1. The number of sulfonamides is 1. The van der Waals surface area contributed by atoms with Crippen LogP contribution in [0.25, 0.3) is 0 Å². The van der Waals surface area contributed by atoms with Gasteiger partial charge in [0.05, 0.1) is 16.4 Å². The van der Waals surface area contributed by atoms with Gasteiger partial charge in [-0.3, -0.25) is 4.79 Å². The van der Waals surface area contributed by atoms with Crippen molar-refractivity contribution < 1.29 is 18.3 Å². The summed E-state index contributed by atoms with van der Waals surface area (Å²) >= 11 is 0. The van der Waals surface area contributed by atoms with Crippen molar-refractivity contribution in [2.75, 3.05) is 6.54 Å². The maximum absolute atomic E-state index is 12.1. The fraction of sp³-hybridized carbons (Fsp3) is 0.385. The van der Waals surface area contributed by atoms with Crippen molar-refractivity contribution in [1.82, 2.24) is 4.72 Å². The fourth-order valence-corrected chi connectivity index (χ4v) is 2.89. The first-order valence-electron chi connectivity index (χ1n) is 6.01. The Morgan fingerprint density at radius 1 is 1.40 bits per heavy atom. The highest BCUT2D eigenvalue weighted by atomic mass is 32.2. The Labute approximate surface area is 118 Å². The monoisotopic (exact) mass is 296 g/mol. The van der Waals surface area contributed by atoms with E-state index in [2.05, 4.69) is 4.72 Å². The van der Waals surface area contributed by atoms with Crippen LogP contribution < -0.4 is 4.72 Å². The molecule has 0 saturated carbocycles. The number of hydrogen-bond acceptors (Lipinski definition) is 4. The number of aliphatic carboxylic acids is 1. The zero-order valence-electron chi connectivity index (χ0n) is 11.2. The van der Waals surface area contributed by atoms with Crippen LogP contribution in [0.3, 0.4) is 0 Å². The summed E-state index contributed by atoms with van der Waals surface area (Å²) in [7, 11) is -3.90. The van der Waals surface area contributed by atoms with Crippen molar-refractivity contribution in [2.24, 2.45) is 11.8 Å². The number of nitriles is 1. The SMILES string of the molecule is CC(C)C(CNS(=O)(=O)c1ccccc1C#N)C(=O)O. The highest BCUT2D eigenvalue weighted by molar-refractivity contribution is 7.89. The molecule has 20 heavy (non-hydrogen) atoms. The molecule has 0 amide bonds. The second kappa shape index (κ2) is 6.50. The van der Waals surface area contributed by atoms with Crippen molar-refractivity contribution in [3.63, 3.8) is 0 Å². The van der Waals surface area contributed by atoms with Crippen LogP contribution in [-0.4, -0.2) is 26.0 Å². The van der Waals surface area contributed by atoms with Gasteiger partial charge in [0, 0.05) is 6.54 Å². The second-order valence-corrected chi connectivity index (χ2v) is 6.38. The summed E-state index contributed by atoms with van der Waals surface area (Å²) in [6.45, 7) is 3.20. The summed E-state index contributed by atoms with van der Waals surface area (Å²) in [5.41, 5.74) is 0.0245. The van der Waals surface area contributed by atoms with Gasteiger partial charge in [-0.15, -0.1) is 0 Å². The van der Waals surface area contributed by atoms with E-state index in [-0.39, 0.29) is 22.9 Å². The van der Waals surface area contributed by atoms with E-state index in [1.807, 2.05) is 0 Å². The molecule has 0 bridgehead atoms. The Balaban J connectivity index is 2.97. The third-order valence-electron chi connectivity index (χ3n) is 2.91. The van der Waals surface area contributed by atoms with Crippen LogP contribution >= 0.6 is 0 Å². The second-order valence-electron chi connectivity index (χ2n) is 4.65. The molecule has 1 aromatic carbocycles. The molecule has 1 aromatic rings. The lowest BCUT2D eigenvalue weighted by atomic mass is 9.97. The fourth-order valence-electron chi connectivity index (χ4n) is 1.68. The molecule has 1 atom stereocenters. The van der Waals surface area contributed by atoms with Crippen LogP contribution in [0.15, 0.2) is 29.2 Å². The maximum Gasteiger partial charge on any atom is 0.308 e. The zero-order valence-corrected chi connectivity index (χ0v) is 12.0. The average Bonchev–Trinajstić information content (AvgIpc) is 2.37. The molecule has 0 saturated heterocycles. The van der Waals surface area contributed by atoms with Crippen LogP contribution in [0.2, 0.25) is 0 Å². The quantitative estimate of drug-likeness (QED) is 0.820. The standard InChI is InChI=1S/C13H16N2O4S/c1-9(2)11(13(16)17)8-15-20(18,19)12-6-4-3-5-10(12)7-14/h3-6,9,11,15H,8H2,1-2H3,(H,16,17). The molecule has 0 aromatic heterocycles. The van der Waals surface area contributed by atoms with Gasteiger partial charge < -0.3 is 5.11 Å². The Kier molecular flexibility index (Phi) is 5.25. The van der Waals surface area contributed by atoms with Gasteiger partial charge in [-0.2, -0.15) is 5.26 Å². The number of nitrogens with one attached hydrogen (secondary N) is 1. The molecule has 2 N–H and O–H groups in total. The number of carboxylic acid groups (broad SMARTS) is 1. The summed E-state index contributed by atoms with van der Waals surface area (Å²) in [5.74, 6) is -2.09. The number of nitrogens with zero attached hydrogens (tertiary/aromatic N) is 1. The number of hydrogen-bond donors (Lipinski definition) is 2. The van der Waals surface area contributed by atoms with Crippen molar-refractivity contribution in [3.8, 4) is 6.07 Å². The van der Waals surface area contributed by atoms with E-state index in [0.29, 0.717) is 0 Å². The largest absolute Gasteiger partial charge is 0.481 e. The molecule has 1 unspecified atom stereocenters. The molecule has 0 heterocycles. The van der Waals surface area contributed by atoms with Gasteiger partial charge in [-0.1, -0.05) is 26.0 Å². The van der Waals surface area contributed by atoms with Gasteiger partial charge in [0.2, 0.25) is 10.0 Å². The van der Waals surface area contributed by atoms with Crippen molar-refractivity contribution in [3.05, 3.63) is 29.8 Å². The topological polar surface area (TPSA) is 107 Å². The van der Waals surface area contributed by atoms with E-state index in [4.69, 9.17) is 10.4 Å². The molecule has 0 fully saturated rings. The van der Waals surface area contributed by atoms with Crippen LogP contribution in [0.4, 0.5) is 0 Å². The van der Waals surface area contributed by atoms with Gasteiger partial charge in [-0.05, 0) is 18.1 Å². The zero-order chi connectivity index (χ0) is 15.3. The Morgan fingerprint density at radius 3 is 2.50 bits per heavy atom. The van der Waals surface area contributed by atoms with Crippen molar-refractivity contribution >= 4 is 16.0 Å². The summed E-state index contributed by atoms with van der Waals surface area (Å²) in [6, 6.07) is 7.57. The average molecular weight is 296 g/mol. The smallest absolute Gasteiger partial charge is 0.308 e. The lowest BCUT2D eigenvalue weighted by Crippen LogP contribution is -2.35. The van der Waals surface area contributed by atoms with Crippen LogP contribution in [0.5, 0.6) is 0 Å². The lowest BCUT2D eigenvalue weighted by Gasteiger charge is -2.17. The number of rotatable bonds is 6. The Bertz CT molecular complexity index is 632. The van der Waals surface area contributed by atoms with Gasteiger partial charge in [0.1, 0.15) is 6.07 Å².